The van der Waals surface area contributed by atoms with Crippen molar-refractivity contribution in [1.82, 2.24) is 0 Å². The zero-order valence-corrected chi connectivity index (χ0v) is 12.7. The minimum atomic E-state index is -0.0363. The lowest BCUT2D eigenvalue weighted by molar-refractivity contribution is 0.171. The number of benzene rings is 1. The predicted molar refractivity (Wildman–Crippen MR) is 80.1 cm³/mol. The van der Waals surface area contributed by atoms with Crippen LogP contribution in [-0.4, -0.2) is 13.2 Å². The van der Waals surface area contributed by atoms with Gasteiger partial charge in [0.2, 0.25) is 0 Å². The molecule has 2 N–H and O–H groups in total. The third-order valence-corrected chi connectivity index (χ3v) is 5.04. The second kappa shape index (κ2) is 5.53. The van der Waals surface area contributed by atoms with Crippen molar-refractivity contribution in [3.8, 4) is 11.5 Å². The van der Waals surface area contributed by atoms with Gasteiger partial charge in [0, 0.05) is 21.8 Å². The molecule has 0 spiro atoms. The Kier molecular flexibility index (Phi) is 3.77. The Morgan fingerprint density at radius 2 is 2.00 bits per heavy atom. The predicted octanol–water partition coefficient (Wildman–Crippen LogP) is 3.52. The van der Waals surface area contributed by atoms with Gasteiger partial charge in [-0.25, -0.2) is 0 Å². The van der Waals surface area contributed by atoms with Gasteiger partial charge >= 0.3 is 0 Å². The van der Waals surface area contributed by atoms with Crippen LogP contribution >= 0.6 is 27.3 Å². The molecule has 1 aliphatic rings. The van der Waals surface area contributed by atoms with Crippen molar-refractivity contribution in [3.63, 3.8) is 0 Å². The number of thiophene rings is 1. The van der Waals surface area contributed by atoms with E-state index in [1.165, 1.54) is 4.88 Å². The molecule has 0 amide bonds. The normalized spacial score (nSPS) is 15.3. The molecule has 0 radical (unpaired) electrons. The molecule has 0 bridgehead atoms. The Hall–Kier alpha value is -1.04. The molecule has 1 aromatic carbocycles. The number of ether oxygens (including phenoxy) is 2. The summed E-state index contributed by atoms with van der Waals surface area (Å²) in [6, 6.07) is 7.95. The summed E-state index contributed by atoms with van der Waals surface area (Å²) in [6.45, 7) is 1.21. The summed E-state index contributed by atoms with van der Waals surface area (Å²) in [5.41, 5.74) is 7.35. The molecule has 1 aliphatic heterocycles. The molecular formula is C14H14BrNO2S. The summed E-state index contributed by atoms with van der Waals surface area (Å²) in [4.78, 5) is 1.27. The second-order valence-electron chi connectivity index (χ2n) is 4.41. The van der Waals surface area contributed by atoms with Crippen molar-refractivity contribution in [2.45, 2.75) is 12.5 Å². The molecule has 5 heteroatoms. The van der Waals surface area contributed by atoms with Gasteiger partial charge < -0.3 is 15.2 Å². The van der Waals surface area contributed by atoms with Gasteiger partial charge in [-0.3, -0.25) is 0 Å². The molecule has 100 valence electrons. The van der Waals surface area contributed by atoms with Crippen molar-refractivity contribution in [2.75, 3.05) is 13.2 Å². The minimum absolute atomic E-state index is 0.0363. The van der Waals surface area contributed by atoms with E-state index >= 15 is 0 Å². The Labute approximate surface area is 124 Å². The number of fused-ring (bicyclic) bond motifs is 1. The molecule has 19 heavy (non-hydrogen) atoms. The van der Waals surface area contributed by atoms with E-state index in [0.29, 0.717) is 13.2 Å². The molecule has 1 unspecified atom stereocenters. The summed E-state index contributed by atoms with van der Waals surface area (Å²) in [7, 11) is 0. The molecule has 2 heterocycles. The lowest BCUT2D eigenvalue weighted by Gasteiger charge is -2.20. The van der Waals surface area contributed by atoms with Gasteiger partial charge in [-0.1, -0.05) is 6.07 Å². The van der Waals surface area contributed by atoms with Crippen LogP contribution in [0.5, 0.6) is 11.5 Å². The molecule has 3 rings (SSSR count). The Balaban J connectivity index is 1.80. The number of hydrogen-bond acceptors (Lipinski definition) is 4. The molecular weight excluding hydrogens is 326 g/mol. The van der Waals surface area contributed by atoms with Gasteiger partial charge in [0.1, 0.15) is 13.2 Å². The summed E-state index contributed by atoms with van der Waals surface area (Å²) in [5.74, 6) is 1.60. The highest BCUT2D eigenvalue weighted by Crippen LogP contribution is 2.34. The van der Waals surface area contributed by atoms with E-state index in [9.17, 15) is 0 Å². The second-order valence-corrected chi connectivity index (χ2v) is 6.26. The lowest BCUT2D eigenvalue weighted by atomic mass is 10.0. The molecule has 0 saturated heterocycles. The average molecular weight is 340 g/mol. The summed E-state index contributed by atoms with van der Waals surface area (Å²) >= 11 is 5.26. The minimum Gasteiger partial charge on any atom is -0.486 e. The highest BCUT2D eigenvalue weighted by molar-refractivity contribution is 9.10. The Morgan fingerprint density at radius 1 is 1.21 bits per heavy atom. The first-order valence-electron chi connectivity index (χ1n) is 6.11. The fourth-order valence-corrected chi connectivity index (χ4v) is 3.65. The highest BCUT2D eigenvalue weighted by Gasteiger charge is 2.16. The first-order valence-corrected chi connectivity index (χ1v) is 7.78. The Morgan fingerprint density at radius 3 is 2.74 bits per heavy atom. The van der Waals surface area contributed by atoms with E-state index in [2.05, 4.69) is 27.4 Å². The molecule has 1 atom stereocenters. The zero-order chi connectivity index (χ0) is 13.2. The maximum absolute atomic E-state index is 6.28. The maximum Gasteiger partial charge on any atom is 0.161 e. The molecule has 1 aromatic heterocycles. The number of hydrogen-bond donors (Lipinski definition) is 1. The van der Waals surface area contributed by atoms with E-state index in [-0.39, 0.29) is 6.04 Å². The quantitative estimate of drug-likeness (QED) is 0.930. The Bertz CT molecular complexity index is 585. The van der Waals surface area contributed by atoms with Crippen molar-refractivity contribution in [1.29, 1.82) is 0 Å². The van der Waals surface area contributed by atoms with E-state index < -0.39 is 0 Å². The fourth-order valence-electron chi connectivity index (χ4n) is 2.08. The van der Waals surface area contributed by atoms with Gasteiger partial charge in [0.15, 0.2) is 11.5 Å². The number of nitrogens with two attached hydrogens (primary N) is 1. The van der Waals surface area contributed by atoms with Crippen LogP contribution < -0.4 is 15.2 Å². The monoisotopic (exact) mass is 339 g/mol. The zero-order valence-electron chi connectivity index (χ0n) is 10.3. The maximum atomic E-state index is 6.28. The first kappa shape index (κ1) is 13.0. The van der Waals surface area contributed by atoms with Crippen LogP contribution in [-0.2, 0) is 6.42 Å². The van der Waals surface area contributed by atoms with Crippen LogP contribution in [0.25, 0.3) is 0 Å². The number of rotatable bonds is 3. The standard InChI is InChI=1S/C14H14BrNO2S/c15-10-3-6-19-14(10)8-11(16)9-1-2-12-13(7-9)18-5-4-17-12/h1-3,6-7,11H,4-5,8,16H2. The van der Waals surface area contributed by atoms with Crippen molar-refractivity contribution in [3.05, 3.63) is 44.6 Å². The number of halogens is 1. The third-order valence-electron chi connectivity index (χ3n) is 3.09. The van der Waals surface area contributed by atoms with Gasteiger partial charge in [-0.2, -0.15) is 0 Å². The van der Waals surface area contributed by atoms with Gasteiger partial charge in [-0.05, 0) is 45.1 Å². The van der Waals surface area contributed by atoms with Crippen LogP contribution in [0.3, 0.4) is 0 Å². The highest BCUT2D eigenvalue weighted by atomic mass is 79.9. The summed E-state index contributed by atoms with van der Waals surface area (Å²) < 4.78 is 12.2. The lowest BCUT2D eigenvalue weighted by Crippen LogP contribution is -2.17. The van der Waals surface area contributed by atoms with Crippen molar-refractivity contribution >= 4 is 27.3 Å². The van der Waals surface area contributed by atoms with Crippen molar-refractivity contribution in [2.24, 2.45) is 5.73 Å². The largest absolute Gasteiger partial charge is 0.486 e. The van der Waals surface area contributed by atoms with Gasteiger partial charge in [0.05, 0.1) is 0 Å². The van der Waals surface area contributed by atoms with Crippen LogP contribution in [0.2, 0.25) is 0 Å². The van der Waals surface area contributed by atoms with Gasteiger partial charge in [0.25, 0.3) is 0 Å². The summed E-state index contributed by atoms with van der Waals surface area (Å²) in [5, 5.41) is 2.07. The van der Waals surface area contributed by atoms with Crippen molar-refractivity contribution < 1.29 is 9.47 Å². The third kappa shape index (κ3) is 2.78. The first-order chi connectivity index (χ1) is 9.24. The smallest absolute Gasteiger partial charge is 0.161 e. The van der Waals surface area contributed by atoms with Crippen LogP contribution in [0.15, 0.2) is 34.1 Å². The van der Waals surface area contributed by atoms with E-state index in [1.807, 2.05) is 18.2 Å². The van der Waals surface area contributed by atoms with E-state index in [0.717, 1.165) is 28.0 Å². The molecule has 0 saturated carbocycles. The molecule has 2 aromatic rings. The van der Waals surface area contributed by atoms with Gasteiger partial charge in [-0.15, -0.1) is 11.3 Å². The summed E-state index contributed by atoms with van der Waals surface area (Å²) in [6.07, 6.45) is 0.817. The van der Waals surface area contributed by atoms with E-state index in [1.54, 1.807) is 11.3 Å². The van der Waals surface area contributed by atoms with Crippen LogP contribution in [0.1, 0.15) is 16.5 Å². The molecule has 0 aliphatic carbocycles. The van der Waals surface area contributed by atoms with Crippen LogP contribution in [0.4, 0.5) is 0 Å². The SMILES string of the molecule is NC(Cc1sccc1Br)c1ccc2c(c1)OCCO2. The fraction of sp³-hybridized carbons (Fsp3) is 0.286. The molecule has 0 fully saturated rings. The average Bonchev–Trinajstić information content (AvgIpc) is 2.84. The molecule has 3 nitrogen and oxygen atoms in total. The van der Waals surface area contributed by atoms with Crippen LogP contribution in [0, 0.1) is 0 Å². The van der Waals surface area contributed by atoms with E-state index in [4.69, 9.17) is 15.2 Å². The topological polar surface area (TPSA) is 44.5 Å².